The van der Waals surface area contributed by atoms with Crippen molar-refractivity contribution in [2.45, 2.75) is 32.5 Å². The Bertz CT molecular complexity index is 1540. The van der Waals surface area contributed by atoms with Gasteiger partial charge >= 0.3 is 12.1 Å². The molecule has 0 aliphatic carbocycles. The van der Waals surface area contributed by atoms with Gasteiger partial charge in [0.1, 0.15) is 18.1 Å². The molecule has 0 radical (unpaired) electrons. The third-order valence-corrected chi connectivity index (χ3v) is 6.43. The average Bonchev–Trinajstić information content (AvgIpc) is 3.36. The lowest BCUT2D eigenvalue weighted by Gasteiger charge is -2.15. The maximum absolute atomic E-state index is 13.5. The number of esters is 1. The number of rotatable bonds is 10. The first-order chi connectivity index (χ1) is 19.7. The van der Waals surface area contributed by atoms with Crippen molar-refractivity contribution in [2.75, 3.05) is 7.11 Å². The van der Waals surface area contributed by atoms with Gasteiger partial charge in [0.25, 0.3) is 5.91 Å². The number of nitrogens with zero attached hydrogens (tertiary/aromatic N) is 1. The molecular formula is C29H26Cl2F3N3O5. The van der Waals surface area contributed by atoms with Crippen LogP contribution in [0.3, 0.4) is 0 Å². The van der Waals surface area contributed by atoms with Crippen LogP contribution in [0.4, 0.5) is 13.2 Å². The van der Waals surface area contributed by atoms with E-state index in [1.54, 1.807) is 18.2 Å². The molecule has 1 amide bonds. The van der Waals surface area contributed by atoms with Crippen LogP contribution in [0.5, 0.6) is 0 Å². The van der Waals surface area contributed by atoms with Gasteiger partial charge in [-0.1, -0.05) is 60.9 Å². The summed E-state index contributed by atoms with van der Waals surface area (Å²) in [5, 5.41) is 6.91. The van der Waals surface area contributed by atoms with E-state index in [9.17, 15) is 22.8 Å². The molecule has 0 spiro atoms. The summed E-state index contributed by atoms with van der Waals surface area (Å²) in [6.45, 7) is 6.59. The van der Waals surface area contributed by atoms with Crippen LogP contribution in [0.25, 0.3) is 11.3 Å². The largest absolute Gasteiger partial charge is 0.474 e. The normalized spacial score (nSPS) is 12.3. The Morgan fingerprint density at radius 2 is 1.74 bits per heavy atom. The third-order valence-electron chi connectivity index (χ3n) is 5.80. The molecule has 0 aliphatic rings. The van der Waals surface area contributed by atoms with Crippen molar-refractivity contribution < 1.29 is 36.8 Å². The number of hydrogen-bond acceptors (Lipinski definition) is 7. The van der Waals surface area contributed by atoms with Gasteiger partial charge in [-0.25, -0.2) is 4.79 Å². The summed E-state index contributed by atoms with van der Waals surface area (Å²) in [6.07, 6.45) is -2.95. The van der Waals surface area contributed by atoms with Crippen molar-refractivity contribution in [2.24, 2.45) is 5.73 Å². The van der Waals surface area contributed by atoms with Gasteiger partial charge in [-0.3, -0.25) is 4.79 Å². The van der Waals surface area contributed by atoms with Crippen molar-refractivity contribution in [3.63, 3.8) is 0 Å². The highest BCUT2D eigenvalue weighted by Crippen LogP contribution is 2.38. The summed E-state index contributed by atoms with van der Waals surface area (Å²) in [4.78, 5) is 24.6. The molecule has 0 bridgehead atoms. The van der Waals surface area contributed by atoms with E-state index in [0.717, 1.165) is 19.3 Å². The number of amides is 1. The Labute approximate surface area is 249 Å². The topological polar surface area (TPSA) is 117 Å². The quantitative estimate of drug-likeness (QED) is 0.138. The SMILES string of the molecule is C=C(/C(=C\C=C(/N)OCc1c(-c2c(Cl)cccc2Cl)noc1C(C)C)NC(=O)c1cccc(C(=O)OC)c1)C(F)(F)F. The number of alkyl halides is 3. The van der Waals surface area contributed by atoms with Crippen molar-refractivity contribution in [1.29, 1.82) is 0 Å². The van der Waals surface area contributed by atoms with E-state index < -0.39 is 29.3 Å². The van der Waals surface area contributed by atoms with E-state index in [-0.39, 0.29) is 29.5 Å². The third kappa shape index (κ3) is 7.74. The molecule has 0 aliphatic heterocycles. The highest BCUT2D eigenvalue weighted by atomic mass is 35.5. The number of ether oxygens (including phenoxy) is 2. The van der Waals surface area contributed by atoms with Crippen LogP contribution in [-0.4, -0.2) is 30.3 Å². The number of halogens is 5. The lowest BCUT2D eigenvalue weighted by atomic mass is 10.0. The molecule has 222 valence electrons. The van der Waals surface area contributed by atoms with Gasteiger partial charge in [-0.05, 0) is 42.5 Å². The molecule has 0 unspecified atom stereocenters. The second-order valence-corrected chi connectivity index (χ2v) is 9.88. The van der Waals surface area contributed by atoms with E-state index in [1.807, 2.05) is 13.8 Å². The minimum absolute atomic E-state index is 0.0369. The van der Waals surface area contributed by atoms with Gasteiger partial charge in [0.15, 0.2) is 5.88 Å². The number of carbonyl (C=O) groups is 2. The minimum Gasteiger partial charge on any atom is -0.474 e. The summed E-state index contributed by atoms with van der Waals surface area (Å²) < 4.78 is 56.4. The zero-order chi connectivity index (χ0) is 31.2. The summed E-state index contributed by atoms with van der Waals surface area (Å²) >= 11 is 12.7. The molecule has 0 saturated heterocycles. The Kier molecular flexibility index (Phi) is 10.5. The van der Waals surface area contributed by atoms with Gasteiger partial charge in [0.05, 0.1) is 39.6 Å². The van der Waals surface area contributed by atoms with Gasteiger partial charge in [0.2, 0.25) is 0 Å². The van der Waals surface area contributed by atoms with Crippen LogP contribution >= 0.6 is 23.2 Å². The molecule has 8 nitrogen and oxygen atoms in total. The molecule has 13 heteroatoms. The Hall–Kier alpha value is -4.22. The van der Waals surface area contributed by atoms with Crippen LogP contribution in [-0.2, 0) is 16.1 Å². The molecular weight excluding hydrogens is 598 g/mol. The number of allylic oxidation sites excluding steroid dienone is 3. The van der Waals surface area contributed by atoms with E-state index in [4.69, 9.17) is 38.2 Å². The first-order valence-corrected chi connectivity index (χ1v) is 13.0. The molecule has 1 aromatic heterocycles. The fraction of sp³-hybridized carbons (Fsp3) is 0.207. The summed E-state index contributed by atoms with van der Waals surface area (Å²) in [6, 6.07) is 10.2. The number of nitrogens with two attached hydrogens (primary N) is 1. The van der Waals surface area contributed by atoms with Crippen molar-refractivity contribution in [3.8, 4) is 11.3 Å². The first-order valence-electron chi connectivity index (χ1n) is 12.2. The van der Waals surface area contributed by atoms with E-state index in [2.05, 4.69) is 21.8 Å². The summed E-state index contributed by atoms with van der Waals surface area (Å²) in [5.74, 6) is -1.60. The van der Waals surface area contributed by atoms with E-state index >= 15 is 0 Å². The maximum Gasteiger partial charge on any atom is 0.417 e. The summed E-state index contributed by atoms with van der Waals surface area (Å²) in [7, 11) is 1.15. The van der Waals surface area contributed by atoms with Gasteiger partial charge in [0, 0.05) is 17.0 Å². The number of aromatic nitrogens is 1. The number of benzene rings is 2. The standard InChI is InChI=1S/C29H26Cl2F3N3O5/c1-15(2)26-19(25(37-42-26)24-20(30)9-6-10-21(24)31)14-41-23(35)12-11-22(16(3)29(32,33)34)36-27(38)17-7-5-8-18(13-17)28(39)40-4/h5-13,15H,3,14,35H2,1-2,4H3,(H,36,38)/b22-11+,23-12+. The predicted molar refractivity (Wildman–Crippen MR) is 152 cm³/mol. The zero-order valence-electron chi connectivity index (χ0n) is 22.6. The van der Waals surface area contributed by atoms with Crippen molar-refractivity contribution in [3.05, 3.63) is 111 Å². The molecule has 0 fully saturated rings. The molecule has 3 N–H and O–H groups in total. The smallest absolute Gasteiger partial charge is 0.417 e. The monoisotopic (exact) mass is 623 g/mol. The Morgan fingerprint density at radius 3 is 2.33 bits per heavy atom. The van der Waals surface area contributed by atoms with Gasteiger partial charge in [-0.2, -0.15) is 13.2 Å². The Morgan fingerprint density at radius 1 is 1.12 bits per heavy atom. The highest BCUT2D eigenvalue weighted by molar-refractivity contribution is 6.39. The highest BCUT2D eigenvalue weighted by Gasteiger charge is 2.35. The van der Waals surface area contributed by atoms with Crippen molar-refractivity contribution in [1.82, 2.24) is 10.5 Å². The van der Waals surface area contributed by atoms with Crippen LogP contribution in [0.2, 0.25) is 10.0 Å². The zero-order valence-corrected chi connectivity index (χ0v) is 24.2. The predicted octanol–water partition coefficient (Wildman–Crippen LogP) is 7.31. The molecule has 0 saturated carbocycles. The molecule has 3 rings (SSSR count). The van der Waals surface area contributed by atoms with Gasteiger partial charge < -0.3 is 25.0 Å². The lowest BCUT2D eigenvalue weighted by Crippen LogP contribution is -2.28. The first kappa shape index (κ1) is 32.3. The second-order valence-electron chi connectivity index (χ2n) is 9.07. The van der Waals surface area contributed by atoms with E-state index in [0.29, 0.717) is 32.6 Å². The molecule has 3 aromatic rings. The molecule has 1 heterocycles. The minimum atomic E-state index is -4.88. The van der Waals surface area contributed by atoms with Crippen molar-refractivity contribution >= 4 is 35.1 Å². The number of hydrogen-bond donors (Lipinski definition) is 2. The molecule has 0 atom stereocenters. The van der Waals surface area contributed by atoms with Crippen LogP contribution < -0.4 is 11.1 Å². The molecule has 42 heavy (non-hydrogen) atoms. The molecule has 2 aromatic carbocycles. The van der Waals surface area contributed by atoms with Gasteiger partial charge in [-0.15, -0.1) is 0 Å². The second kappa shape index (κ2) is 13.6. The lowest BCUT2D eigenvalue weighted by molar-refractivity contribution is -0.0893. The summed E-state index contributed by atoms with van der Waals surface area (Å²) in [5.41, 5.74) is 5.08. The van der Waals surface area contributed by atoms with Crippen LogP contribution in [0, 0.1) is 0 Å². The number of methoxy groups -OCH3 is 1. The average molecular weight is 624 g/mol. The number of carbonyl (C=O) groups excluding carboxylic acids is 2. The maximum atomic E-state index is 13.5. The Balaban J connectivity index is 1.89. The fourth-order valence-electron chi connectivity index (χ4n) is 3.67. The number of nitrogens with one attached hydrogen (secondary N) is 1. The van der Waals surface area contributed by atoms with Crippen LogP contribution in [0.15, 0.2) is 82.9 Å². The van der Waals surface area contributed by atoms with Crippen LogP contribution in [0.1, 0.15) is 51.8 Å². The fourth-order valence-corrected chi connectivity index (χ4v) is 4.25. The van der Waals surface area contributed by atoms with E-state index in [1.165, 1.54) is 24.3 Å².